The zero-order valence-electron chi connectivity index (χ0n) is 17.1. The number of hydrogen-bond donors (Lipinski definition) is 4. The minimum absolute atomic E-state index is 0.119. The van der Waals surface area contributed by atoms with Crippen LogP contribution in [0.15, 0.2) is 41.5 Å². The molecule has 3 heterocycles. The number of nitrogens with zero attached hydrogens (tertiary/aromatic N) is 3. The molecule has 3 aromatic rings. The number of pyridine rings is 3. The monoisotopic (exact) mass is 397 g/mol. The van der Waals surface area contributed by atoms with Crippen molar-refractivity contribution in [2.45, 2.75) is 45.9 Å². The first-order chi connectivity index (χ1) is 13.7. The van der Waals surface area contributed by atoms with Gasteiger partial charge in [0.2, 0.25) is 0 Å². The molecule has 0 bridgehead atoms. The number of fused-ring (bicyclic) bond motifs is 1. The van der Waals surface area contributed by atoms with E-state index in [1.807, 2.05) is 26.8 Å². The molecule has 1 atom stereocenters. The minimum Gasteiger partial charge on any atom is -0.395 e. The molecule has 0 amide bonds. The quantitative estimate of drug-likeness (QED) is 0.506. The lowest BCUT2D eigenvalue weighted by Crippen LogP contribution is -2.29. The van der Waals surface area contributed by atoms with Gasteiger partial charge in [-0.1, -0.05) is 0 Å². The number of nitrogens with one attached hydrogen (secondary N) is 2. The fourth-order valence-electron chi connectivity index (χ4n) is 3.00. The maximum atomic E-state index is 12.9. The number of aliphatic hydroxyl groups is 2. The van der Waals surface area contributed by atoms with Crippen molar-refractivity contribution in [3.05, 3.63) is 52.6 Å². The van der Waals surface area contributed by atoms with Gasteiger partial charge in [-0.3, -0.25) is 4.79 Å². The summed E-state index contributed by atoms with van der Waals surface area (Å²) in [7, 11) is 0. The van der Waals surface area contributed by atoms with E-state index in [4.69, 9.17) is 0 Å². The molecule has 0 aliphatic rings. The average molecular weight is 397 g/mol. The van der Waals surface area contributed by atoms with Gasteiger partial charge in [0, 0.05) is 24.5 Å². The molecule has 0 fully saturated rings. The molecule has 0 saturated heterocycles. The molecule has 0 spiro atoms. The van der Waals surface area contributed by atoms with Crippen LogP contribution >= 0.6 is 0 Å². The van der Waals surface area contributed by atoms with Crippen molar-refractivity contribution >= 4 is 28.2 Å². The average Bonchev–Trinajstić information content (AvgIpc) is 2.63. The van der Waals surface area contributed by atoms with Crippen molar-refractivity contribution < 1.29 is 10.2 Å². The minimum atomic E-state index is -0.605. The van der Waals surface area contributed by atoms with E-state index in [9.17, 15) is 15.0 Å². The summed E-state index contributed by atoms with van der Waals surface area (Å²) in [5.41, 5.74) is 0.215. The SMILES string of the molecule is C[C@H](O)c1ccnc(Nc2cc3ccn(CCO)c(=O)c3c(NC(C)(C)C)n2)c1. The van der Waals surface area contributed by atoms with Crippen LogP contribution in [-0.2, 0) is 6.54 Å². The lowest BCUT2D eigenvalue weighted by Gasteiger charge is -2.23. The van der Waals surface area contributed by atoms with Crippen molar-refractivity contribution in [1.82, 2.24) is 14.5 Å². The summed E-state index contributed by atoms with van der Waals surface area (Å²) in [5, 5.41) is 26.7. The Balaban J connectivity index is 2.11. The normalized spacial score (nSPS) is 12.8. The van der Waals surface area contributed by atoms with Crippen molar-refractivity contribution in [2.75, 3.05) is 17.2 Å². The highest BCUT2D eigenvalue weighted by atomic mass is 16.3. The standard InChI is InChI=1S/C21H27N5O3/c1-13(28)14-5-7-22-16(11-14)23-17-12-15-6-8-26(9-10-27)20(29)18(15)19(24-17)25-21(2,3)4/h5-8,11-13,27-28H,9-10H2,1-4H3,(H2,22,23,24,25)/t13-/m0/s1. The van der Waals surface area contributed by atoms with Gasteiger partial charge in [0.25, 0.3) is 5.56 Å². The third kappa shape index (κ3) is 4.90. The molecule has 0 aromatic carbocycles. The largest absolute Gasteiger partial charge is 0.395 e. The molecule has 8 nitrogen and oxygen atoms in total. The Kier molecular flexibility index (Phi) is 5.86. The highest BCUT2D eigenvalue weighted by Gasteiger charge is 2.17. The molecular formula is C21H27N5O3. The number of anilines is 3. The molecular weight excluding hydrogens is 370 g/mol. The zero-order chi connectivity index (χ0) is 21.2. The first-order valence-electron chi connectivity index (χ1n) is 9.52. The fourth-order valence-corrected chi connectivity index (χ4v) is 3.00. The molecule has 3 aromatic heterocycles. The van der Waals surface area contributed by atoms with Crippen molar-refractivity contribution in [3.63, 3.8) is 0 Å². The molecule has 0 saturated carbocycles. The first-order valence-corrected chi connectivity index (χ1v) is 9.52. The lowest BCUT2D eigenvalue weighted by molar-refractivity contribution is 0.199. The Hall–Kier alpha value is -2.97. The smallest absolute Gasteiger partial charge is 0.262 e. The van der Waals surface area contributed by atoms with Gasteiger partial charge >= 0.3 is 0 Å². The molecule has 154 valence electrons. The second kappa shape index (κ2) is 8.18. The zero-order valence-corrected chi connectivity index (χ0v) is 17.1. The van der Waals surface area contributed by atoms with E-state index in [0.29, 0.717) is 22.8 Å². The van der Waals surface area contributed by atoms with Crippen LogP contribution in [0.1, 0.15) is 39.4 Å². The summed E-state index contributed by atoms with van der Waals surface area (Å²) in [5.74, 6) is 1.53. The third-order valence-corrected chi connectivity index (χ3v) is 4.32. The molecule has 4 N–H and O–H groups in total. The van der Waals surface area contributed by atoms with Crippen LogP contribution in [0.25, 0.3) is 10.8 Å². The lowest BCUT2D eigenvalue weighted by atomic mass is 10.1. The van der Waals surface area contributed by atoms with Crippen LogP contribution in [0, 0.1) is 0 Å². The van der Waals surface area contributed by atoms with E-state index in [1.54, 1.807) is 37.5 Å². The second-order valence-corrected chi connectivity index (χ2v) is 8.01. The maximum Gasteiger partial charge on any atom is 0.262 e. The van der Waals surface area contributed by atoms with Crippen LogP contribution in [0.3, 0.4) is 0 Å². The Labute approximate surface area is 169 Å². The summed E-state index contributed by atoms with van der Waals surface area (Å²) in [4.78, 5) is 21.8. The van der Waals surface area contributed by atoms with Gasteiger partial charge < -0.3 is 25.4 Å². The van der Waals surface area contributed by atoms with Crippen molar-refractivity contribution in [3.8, 4) is 0 Å². The Morgan fingerprint density at radius 1 is 1.21 bits per heavy atom. The first kappa shape index (κ1) is 20.8. The van der Waals surface area contributed by atoms with Gasteiger partial charge in [-0.25, -0.2) is 9.97 Å². The number of aromatic nitrogens is 3. The Morgan fingerprint density at radius 2 is 1.97 bits per heavy atom. The number of hydrogen-bond acceptors (Lipinski definition) is 7. The molecule has 8 heteroatoms. The van der Waals surface area contributed by atoms with E-state index in [1.165, 1.54) is 4.57 Å². The van der Waals surface area contributed by atoms with E-state index in [2.05, 4.69) is 20.6 Å². The highest BCUT2D eigenvalue weighted by molar-refractivity contribution is 5.93. The topological polar surface area (TPSA) is 112 Å². The van der Waals surface area contributed by atoms with Gasteiger partial charge in [-0.2, -0.15) is 0 Å². The molecule has 29 heavy (non-hydrogen) atoms. The van der Waals surface area contributed by atoms with Crippen LogP contribution in [0.5, 0.6) is 0 Å². The fraction of sp³-hybridized carbons (Fsp3) is 0.381. The van der Waals surface area contributed by atoms with Crippen molar-refractivity contribution in [2.24, 2.45) is 0 Å². The van der Waals surface area contributed by atoms with Gasteiger partial charge in [0.15, 0.2) is 0 Å². The molecule has 0 unspecified atom stereocenters. The van der Waals surface area contributed by atoms with Crippen LogP contribution in [-0.4, -0.2) is 36.9 Å². The second-order valence-electron chi connectivity index (χ2n) is 8.01. The Bertz CT molecular complexity index is 1070. The third-order valence-electron chi connectivity index (χ3n) is 4.32. The van der Waals surface area contributed by atoms with Gasteiger partial charge in [0.1, 0.15) is 17.5 Å². The summed E-state index contributed by atoms with van der Waals surface area (Å²) < 4.78 is 1.47. The van der Waals surface area contributed by atoms with Gasteiger partial charge in [0.05, 0.1) is 18.1 Å². The van der Waals surface area contributed by atoms with Gasteiger partial charge in [-0.15, -0.1) is 0 Å². The number of aliphatic hydroxyl groups excluding tert-OH is 2. The molecule has 0 radical (unpaired) electrons. The maximum absolute atomic E-state index is 12.9. The highest BCUT2D eigenvalue weighted by Crippen LogP contribution is 2.26. The van der Waals surface area contributed by atoms with Gasteiger partial charge in [-0.05, 0) is 62.9 Å². The molecule has 0 aliphatic heterocycles. The van der Waals surface area contributed by atoms with Crippen LogP contribution < -0.4 is 16.2 Å². The van der Waals surface area contributed by atoms with E-state index < -0.39 is 6.10 Å². The summed E-state index contributed by atoms with van der Waals surface area (Å²) in [6.07, 6.45) is 2.68. The summed E-state index contributed by atoms with van der Waals surface area (Å²) in [6, 6.07) is 7.11. The number of rotatable bonds is 6. The Morgan fingerprint density at radius 3 is 2.62 bits per heavy atom. The van der Waals surface area contributed by atoms with Crippen molar-refractivity contribution in [1.29, 1.82) is 0 Å². The molecule has 0 aliphatic carbocycles. The van der Waals surface area contributed by atoms with E-state index in [-0.39, 0.29) is 24.2 Å². The predicted octanol–water partition coefficient (Wildman–Crippen LogP) is 2.79. The van der Waals surface area contributed by atoms with Crippen LogP contribution in [0.2, 0.25) is 0 Å². The van der Waals surface area contributed by atoms with Crippen LogP contribution in [0.4, 0.5) is 17.5 Å². The predicted molar refractivity (Wildman–Crippen MR) is 115 cm³/mol. The van der Waals surface area contributed by atoms with E-state index in [0.717, 1.165) is 10.9 Å². The van der Waals surface area contributed by atoms with E-state index >= 15 is 0 Å². The summed E-state index contributed by atoms with van der Waals surface area (Å²) >= 11 is 0. The molecule has 3 rings (SSSR count). The summed E-state index contributed by atoms with van der Waals surface area (Å²) in [6.45, 7) is 7.76.